The largest absolute Gasteiger partial charge is 0.496 e. The lowest BCUT2D eigenvalue weighted by Crippen LogP contribution is -2.33. The van der Waals surface area contributed by atoms with Crippen molar-refractivity contribution in [3.05, 3.63) is 150 Å². The number of para-hydroxylation sites is 2. The second kappa shape index (κ2) is 8.69. The van der Waals surface area contributed by atoms with Crippen molar-refractivity contribution in [1.82, 2.24) is 9.97 Å². The zero-order valence-electron chi connectivity index (χ0n) is 19.5. The number of ether oxygens (including phenoxy) is 1. The van der Waals surface area contributed by atoms with Crippen molar-refractivity contribution in [1.29, 1.82) is 0 Å². The van der Waals surface area contributed by atoms with E-state index in [0.717, 1.165) is 33.8 Å². The lowest BCUT2D eigenvalue weighted by molar-refractivity contribution is 0.404. The highest BCUT2D eigenvalue weighted by Gasteiger charge is 2.44. The normalized spacial score (nSPS) is 12.9. The Balaban J connectivity index is 1.84. The first kappa shape index (κ1) is 21.1. The molecule has 3 heteroatoms. The Morgan fingerprint density at radius 1 is 0.657 bits per heavy atom. The molecule has 0 saturated heterocycles. The third-order valence-electron chi connectivity index (χ3n) is 6.86. The highest BCUT2D eigenvalue weighted by atomic mass is 16.5. The van der Waals surface area contributed by atoms with Crippen LogP contribution in [0, 0.1) is 0 Å². The van der Waals surface area contributed by atoms with Gasteiger partial charge in [-0.15, -0.1) is 0 Å². The van der Waals surface area contributed by atoms with E-state index in [0.29, 0.717) is 0 Å². The molecular weight excluding hydrogens is 428 g/mol. The predicted octanol–water partition coefficient (Wildman–Crippen LogP) is 7.55. The molecule has 6 aromatic rings. The fraction of sp³-hybridized carbons (Fsp3) is 0.0625. The van der Waals surface area contributed by atoms with Crippen LogP contribution in [0.15, 0.2) is 128 Å². The minimum atomic E-state index is -0.679. The van der Waals surface area contributed by atoms with Crippen molar-refractivity contribution >= 4 is 10.9 Å². The Labute approximate surface area is 205 Å². The molecule has 1 atom stereocenters. The minimum absolute atomic E-state index is 0.679. The lowest BCUT2D eigenvalue weighted by atomic mass is 9.67. The summed E-state index contributed by atoms with van der Waals surface area (Å²) in [6.07, 6.45) is 1.99. The summed E-state index contributed by atoms with van der Waals surface area (Å²) < 4.78 is 5.98. The van der Waals surface area contributed by atoms with Crippen LogP contribution < -0.4 is 4.74 Å². The van der Waals surface area contributed by atoms with Gasteiger partial charge in [-0.1, -0.05) is 97.1 Å². The molecule has 0 amide bonds. The van der Waals surface area contributed by atoms with Crippen LogP contribution in [0.5, 0.6) is 5.75 Å². The second-order valence-corrected chi connectivity index (χ2v) is 8.69. The number of aromatic nitrogens is 2. The van der Waals surface area contributed by atoms with E-state index in [1.54, 1.807) is 7.11 Å². The summed E-state index contributed by atoms with van der Waals surface area (Å²) in [6.45, 7) is 0. The van der Waals surface area contributed by atoms with E-state index in [4.69, 9.17) is 4.74 Å². The van der Waals surface area contributed by atoms with Crippen LogP contribution in [0.4, 0.5) is 0 Å². The van der Waals surface area contributed by atoms with Crippen LogP contribution in [0.1, 0.15) is 22.5 Å². The van der Waals surface area contributed by atoms with Gasteiger partial charge in [-0.2, -0.15) is 0 Å². The first-order valence-corrected chi connectivity index (χ1v) is 11.8. The Kier molecular flexibility index (Phi) is 5.23. The Bertz CT molecular complexity index is 1570. The molecule has 170 valence electrons. The standard InChI is InChI=1S/C32H26N2O/c1-35-28-20-11-9-18-26(28)32(29-21-12-22-33-29,24-15-6-3-7-16-24)31-30(23-13-4-2-5-14-23)25-17-8-10-19-27(25)34-31/h2-22,33-34H,1H3/t32-/m0/s1. The molecule has 6 rings (SSSR count). The van der Waals surface area contributed by atoms with E-state index in [2.05, 4.69) is 119 Å². The summed E-state index contributed by atoms with van der Waals surface area (Å²) in [7, 11) is 1.74. The van der Waals surface area contributed by atoms with Crippen molar-refractivity contribution in [3.8, 4) is 16.9 Å². The molecule has 0 bridgehead atoms. The summed E-state index contributed by atoms with van der Waals surface area (Å²) in [5, 5.41) is 1.19. The van der Waals surface area contributed by atoms with Crippen molar-refractivity contribution in [2.24, 2.45) is 0 Å². The van der Waals surface area contributed by atoms with Gasteiger partial charge in [0, 0.05) is 39.6 Å². The average Bonchev–Trinajstić information content (AvgIpc) is 3.60. The predicted molar refractivity (Wildman–Crippen MR) is 143 cm³/mol. The third-order valence-corrected chi connectivity index (χ3v) is 6.86. The van der Waals surface area contributed by atoms with Gasteiger partial charge in [0.2, 0.25) is 0 Å². The Morgan fingerprint density at radius 3 is 2.09 bits per heavy atom. The van der Waals surface area contributed by atoms with Gasteiger partial charge in [-0.25, -0.2) is 0 Å². The molecule has 2 heterocycles. The third kappa shape index (κ3) is 3.28. The van der Waals surface area contributed by atoms with Gasteiger partial charge in [0.15, 0.2) is 0 Å². The number of H-pyrrole nitrogens is 2. The van der Waals surface area contributed by atoms with Gasteiger partial charge < -0.3 is 14.7 Å². The number of hydrogen-bond acceptors (Lipinski definition) is 1. The number of benzene rings is 4. The van der Waals surface area contributed by atoms with E-state index in [1.165, 1.54) is 16.5 Å². The molecule has 0 aliphatic carbocycles. The molecule has 0 aliphatic rings. The first-order chi connectivity index (χ1) is 17.3. The zero-order valence-corrected chi connectivity index (χ0v) is 19.5. The van der Waals surface area contributed by atoms with Gasteiger partial charge in [-0.05, 0) is 35.4 Å². The van der Waals surface area contributed by atoms with Crippen LogP contribution in [-0.2, 0) is 5.41 Å². The SMILES string of the molecule is COc1ccccc1[C@@](c1ccccc1)(c1ccc[nH]1)c1[nH]c2ccccc2c1-c1ccccc1. The quantitative estimate of drug-likeness (QED) is 0.268. The summed E-state index contributed by atoms with van der Waals surface area (Å²) in [5.74, 6) is 0.837. The summed E-state index contributed by atoms with van der Waals surface area (Å²) in [4.78, 5) is 7.44. The van der Waals surface area contributed by atoms with E-state index < -0.39 is 5.41 Å². The molecule has 2 aromatic heterocycles. The number of fused-ring (bicyclic) bond motifs is 1. The molecule has 2 N–H and O–H groups in total. The van der Waals surface area contributed by atoms with Crippen molar-refractivity contribution in [2.75, 3.05) is 7.11 Å². The van der Waals surface area contributed by atoms with Crippen molar-refractivity contribution in [3.63, 3.8) is 0 Å². The van der Waals surface area contributed by atoms with E-state index >= 15 is 0 Å². The number of nitrogens with one attached hydrogen (secondary N) is 2. The number of hydrogen-bond donors (Lipinski definition) is 2. The topological polar surface area (TPSA) is 40.8 Å². The van der Waals surface area contributed by atoms with Crippen LogP contribution in [0.2, 0.25) is 0 Å². The smallest absolute Gasteiger partial charge is 0.123 e. The molecule has 35 heavy (non-hydrogen) atoms. The average molecular weight is 455 g/mol. The Hall–Kier alpha value is -4.50. The molecule has 0 unspecified atom stereocenters. The fourth-order valence-corrected chi connectivity index (χ4v) is 5.40. The highest BCUT2D eigenvalue weighted by molar-refractivity contribution is 5.99. The molecule has 0 saturated carbocycles. The maximum absolute atomic E-state index is 5.98. The van der Waals surface area contributed by atoms with E-state index in [9.17, 15) is 0 Å². The highest BCUT2D eigenvalue weighted by Crippen LogP contribution is 2.51. The maximum Gasteiger partial charge on any atom is 0.123 e. The molecule has 0 radical (unpaired) electrons. The van der Waals surface area contributed by atoms with Gasteiger partial charge in [0.25, 0.3) is 0 Å². The minimum Gasteiger partial charge on any atom is -0.496 e. The lowest BCUT2D eigenvalue weighted by Gasteiger charge is -2.36. The fourth-order valence-electron chi connectivity index (χ4n) is 5.40. The summed E-state index contributed by atoms with van der Waals surface area (Å²) >= 11 is 0. The Morgan fingerprint density at radius 2 is 1.34 bits per heavy atom. The molecule has 0 spiro atoms. The van der Waals surface area contributed by atoms with Crippen LogP contribution in [-0.4, -0.2) is 17.1 Å². The monoisotopic (exact) mass is 454 g/mol. The molecule has 4 aromatic carbocycles. The maximum atomic E-state index is 5.98. The van der Waals surface area contributed by atoms with E-state index in [1.807, 2.05) is 18.3 Å². The van der Waals surface area contributed by atoms with E-state index in [-0.39, 0.29) is 0 Å². The number of aromatic amines is 2. The first-order valence-electron chi connectivity index (χ1n) is 11.8. The van der Waals surface area contributed by atoms with Crippen molar-refractivity contribution in [2.45, 2.75) is 5.41 Å². The number of rotatable bonds is 6. The van der Waals surface area contributed by atoms with Crippen molar-refractivity contribution < 1.29 is 4.74 Å². The molecule has 0 aliphatic heterocycles. The van der Waals surface area contributed by atoms with Crippen LogP contribution in [0.25, 0.3) is 22.0 Å². The van der Waals surface area contributed by atoms with Crippen LogP contribution in [0.3, 0.4) is 0 Å². The van der Waals surface area contributed by atoms with Gasteiger partial charge in [0.05, 0.1) is 7.11 Å². The summed E-state index contributed by atoms with van der Waals surface area (Å²) in [6, 6.07) is 42.4. The second-order valence-electron chi connectivity index (χ2n) is 8.69. The van der Waals surface area contributed by atoms with Gasteiger partial charge in [0.1, 0.15) is 11.2 Å². The van der Waals surface area contributed by atoms with Gasteiger partial charge >= 0.3 is 0 Å². The summed E-state index contributed by atoms with van der Waals surface area (Å²) in [5.41, 5.74) is 7.16. The van der Waals surface area contributed by atoms with Crippen LogP contribution >= 0.6 is 0 Å². The molecular formula is C32H26N2O. The zero-order chi connectivity index (χ0) is 23.7. The molecule has 3 nitrogen and oxygen atoms in total. The van der Waals surface area contributed by atoms with Gasteiger partial charge in [-0.3, -0.25) is 0 Å². The molecule has 0 fully saturated rings. The number of methoxy groups -OCH3 is 1.